The zero-order valence-electron chi connectivity index (χ0n) is 12.7. The summed E-state index contributed by atoms with van der Waals surface area (Å²) in [5.74, 6) is 0.616. The third kappa shape index (κ3) is 2.98. The number of aromatic nitrogens is 1. The van der Waals surface area contributed by atoms with E-state index in [1.807, 2.05) is 12.1 Å². The lowest BCUT2D eigenvalue weighted by Crippen LogP contribution is -2.37. The van der Waals surface area contributed by atoms with Crippen LogP contribution in [0.2, 0.25) is 0 Å². The minimum Gasteiger partial charge on any atom is -0.497 e. The van der Waals surface area contributed by atoms with Crippen LogP contribution in [-0.2, 0) is 11.3 Å². The first-order valence-corrected chi connectivity index (χ1v) is 7.64. The maximum Gasteiger partial charge on any atom is 0.258 e. The van der Waals surface area contributed by atoms with Crippen molar-refractivity contribution in [3.63, 3.8) is 0 Å². The van der Waals surface area contributed by atoms with Crippen molar-refractivity contribution in [2.75, 3.05) is 7.11 Å². The first-order chi connectivity index (χ1) is 10.7. The minimum absolute atomic E-state index is 0.0668. The monoisotopic (exact) mass is 300 g/mol. The van der Waals surface area contributed by atoms with Crippen LogP contribution in [0.3, 0.4) is 0 Å². The number of carbonyl (C=O) groups excluding carboxylic acids is 1. The van der Waals surface area contributed by atoms with Gasteiger partial charge < -0.3 is 14.6 Å². The summed E-state index contributed by atoms with van der Waals surface area (Å²) in [6.45, 7) is 0.0668. The zero-order valence-corrected chi connectivity index (χ0v) is 12.7. The second-order valence-corrected chi connectivity index (χ2v) is 5.75. The molecular formula is C17H20N2O3. The highest BCUT2D eigenvalue weighted by Gasteiger charge is 2.17. The van der Waals surface area contributed by atoms with Crippen LogP contribution in [0.25, 0.3) is 10.8 Å². The van der Waals surface area contributed by atoms with Gasteiger partial charge in [-0.1, -0.05) is 12.8 Å². The average molecular weight is 300 g/mol. The van der Waals surface area contributed by atoms with Crippen molar-refractivity contribution in [1.82, 2.24) is 9.88 Å². The molecule has 1 fully saturated rings. The summed E-state index contributed by atoms with van der Waals surface area (Å²) >= 11 is 0. The van der Waals surface area contributed by atoms with E-state index in [2.05, 4.69) is 5.32 Å². The average Bonchev–Trinajstić information content (AvgIpc) is 3.02. The third-order valence-electron chi connectivity index (χ3n) is 4.22. The normalized spacial score (nSPS) is 15.1. The molecule has 1 aliphatic carbocycles. The molecule has 1 amide bonds. The Morgan fingerprint density at radius 2 is 2.09 bits per heavy atom. The number of methoxy groups -OCH3 is 1. The quantitative estimate of drug-likeness (QED) is 0.940. The van der Waals surface area contributed by atoms with E-state index in [9.17, 15) is 9.59 Å². The summed E-state index contributed by atoms with van der Waals surface area (Å²) in [4.78, 5) is 24.5. The van der Waals surface area contributed by atoms with Crippen LogP contribution < -0.4 is 15.6 Å². The Morgan fingerprint density at radius 3 is 2.82 bits per heavy atom. The van der Waals surface area contributed by atoms with Crippen LogP contribution in [0.4, 0.5) is 0 Å². The lowest BCUT2D eigenvalue weighted by atomic mass is 10.1. The smallest absolute Gasteiger partial charge is 0.258 e. The predicted octanol–water partition coefficient (Wildman–Crippen LogP) is 2.07. The van der Waals surface area contributed by atoms with Crippen LogP contribution in [0.1, 0.15) is 25.7 Å². The predicted molar refractivity (Wildman–Crippen MR) is 85.2 cm³/mol. The number of rotatable bonds is 4. The van der Waals surface area contributed by atoms with Gasteiger partial charge >= 0.3 is 0 Å². The minimum atomic E-state index is -0.151. The molecule has 0 aliphatic heterocycles. The van der Waals surface area contributed by atoms with Gasteiger partial charge in [0.25, 0.3) is 5.56 Å². The van der Waals surface area contributed by atoms with Gasteiger partial charge in [-0.05, 0) is 42.5 Å². The largest absolute Gasteiger partial charge is 0.497 e. The van der Waals surface area contributed by atoms with E-state index in [1.165, 1.54) is 17.4 Å². The molecule has 5 nitrogen and oxygen atoms in total. The van der Waals surface area contributed by atoms with Gasteiger partial charge in [-0.2, -0.15) is 0 Å². The Bertz CT molecular complexity index is 745. The molecule has 0 unspecified atom stereocenters. The Morgan fingerprint density at radius 1 is 1.32 bits per heavy atom. The van der Waals surface area contributed by atoms with E-state index in [4.69, 9.17) is 4.74 Å². The van der Waals surface area contributed by atoms with Crippen LogP contribution in [-0.4, -0.2) is 23.6 Å². The standard InChI is InChI=1S/C17H20N2O3/c1-22-14-6-7-15-12(10-14)8-9-19(17(15)21)11-16(20)18-13-4-2-3-5-13/h6-10,13H,2-5,11H2,1H3,(H,18,20). The molecule has 1 aliphatic rings. The second kappa shape index (κ2) is 6.22. The lowest BCUT2D eigenvalue weighted by molar-refractivity contribution is -0.122. The van der Waals surface area contributed by atoms with Crippen LogP contribution in [0.15, 0.2) is 35.3 Å². The molecule has 1 aromatic heterocycles. The molecular weight excluding hydrogens is 280 g/mol. The maximum absolute atomic E-state index is 12.4. The van der Waals surface area contributed by atoms with Crippen molar-refractivity contribution in [2.24, 2.45) is 0 Å². The zero-order chi connectivity index (χ0) is 15.5. The Balaban J connectivity index is 1.80. The highest BCUT2D eigenvalue weighted by molar-refractivity contribution is 5.83. The topological polar surface area (TPSA) is 60.3 Å². The lowest BCUT2D eigenvalue weighted by Gasteiger charge is -2.13. The number of nitrogens with zero attached hydrogens (tertiary/aromatic N) is 1. The van der Waals surface area contributed by atoms with Gasteiger partial charge in [0.05, 0.1) is 7.11 Å². The number of pyridine rings is 1. The summed E-state index contributed by atoms with van der Waals surface area (Å²) in [6.07, 6.45) is 6.08. The Labute approximate surface area is 128 Å². The van der Waals surface area contributed by atoms with Crippen molar-refractivity contribution < 1.29 is 9.53 Å². The van der Waals surface area contributed by atoms with Gasteiger partial charge in [-0.25, -0.2) is 0 Å². The fourth-order valence-electron chi connectivity index (χ4n) is 3.02. The number of hydrogen-bond acceptors (Lipinski definition) is 3. The molecule has 0 radical (unpaired) electrons. The second-order valence-electron chi connectivity index (χ2n) is 5.75. The van der Waals surface area contributed by atoms with Gasteiger partial charge in [0.15, 0.2) is 0 Å². The molecule has 116 valence electrons. The third-order valence-corrected chi connectivity index (χ3v) is 4.22. The number of carbonyl (C=O) groups is 1. The van der Waals surface area contributed by atoms with E-state index in [-0.39, 0.29) is 24.1 Å². The summed E-state index contributed by atoms with van der Waals surface area (Å²) in [7, 11) is 1.59. The molecule has 0 spiro atoms. The number of benzene rings is 1. The highest BCUT2D eigenvalue weighted by atomic mass is 16.5. The summed E-state index contributed by atoms with van der Waals surface area (Å²) in [5.41, 5.74) is -0.151. The van der Waals surface area contributed by atoms with Gasteiger partial charge in [-0.3, -0.25) is 9.59 Å². The van der Waals surface area contributed by atoms with Gasteiger partial charge in [0.1, 0.15) is 12.3 Å². The van der Waals surface area contributed by atoms with Crippen molar-refractivity contribution in [2.45, 2.75) is 38.3 Å². The Kier molecular flexibility index (Phi) is 4.13. The molecule has 5 heteroatoms. The van der Waals surface area contributed by atoms with E-state index < -0.39 is 0 Å². The van der Waals surface area contributed by atoms with Crippen LogP contribution in [0, 0.1) is 0 Å². The number of ether oxygens (including phenoxy) is 1. The summed E-state index contributed by atoms with van der Waals surface area (Å²) < 4.78 is 6.62. The highest BCUT2D eigenvalue weighted by Crippen LogP contribution is 2.18. The van der Waals surface area contributed by atoms with Crippen molar-refractivity contribution in [3.8, 4) is 5.75 Å². The molecule has 2 aromatic rings. The van der Waals surface area contributed by atoms with Crippen molar-refractivity contribution >= 4 is 16.7 Å². The molecule has 1 heterocycles. The van der Waals surface area contributed by atoms with E-state index >= 15 is 0 Å². The Hall–Kier alpha value is -2.30. The van der Waals surface area contributed by atoms with E-state index in [0.717, 1.165) is 18.2 Å². The van der Waals surface area contributed by atoms with E-state index in [0.29, 0.717) is 11.1 Å². The molecule has 1 saturated carbocycles. The first kappa shape index (κ1) is 14.6. The van der Waals surface area contributed by atoms with Crippen LogP contribution >= 0.6 is 0 Å². The molecule has 0 bridgehead atoms. The first-order valence-electron chi connectivity index (χ1n) is 7.64. The fraction of sp³-hybridized carbons (Fsp3) is 0.412. The fourth-order valence-corrected chi connectivity index (χ4v) is 3.02. The number of fused-ring (bicyclic) bond motifs is 1. The molecule has 1 N–H and O–H groups in total. The van der Waals surface area contributed by atoms with Gasteiger partial charge in [-0.15, -0.1) is 0 Å². The van der Waals surface area contributed by atoms with Gasteiger partial charge in [0.2, 0.25) is 5.91 Å². The van der Waals surface area contributed by atoms with Gasteiger partial charge in [0, 0.05) is 17.6 Å². The molecule has 0 saturated heterocycles. The molecule has 1 aromatic carbocycles. The maximum atomic E-state index is 12.4. The molecule has 0 atom stereocenters. The summed E-state index contributed by atoms with van der Waals surface area (Å²) in [5, 5.41) is 4.41. The molecule has 3 rings (SSSR count). The van der Waals surface area contributed by atoms with Crippen LogP contribution in [0.5, 0.6) is 5.75 Å². The van der Waals surface area contributed by atoms with Crippen molar-refractivity contribution in [1.29, 1.82) is 0 Å². The molecule has 22 heavy (non-hydrogen) atoms. The number of amides is 1. The number of hydrogen-bond donors (Lipinski definition) is 1. The summed E-state index contributed by atoms with van der Waals surface area (Å²) in [6, 6.07) is 7.42. The van der Waals surface area contributed by atoms with Crippen molar-refractivity contribution in [3.05, 3.63) is 40.8 Å². The SMILES string of the molecule is COc1ccc2c(=O)n(CC(=O)NC3CCCC3)ccc2c1. The van der Waals surface area contributed by atoms with E-state index in [1.54, 1.807) is 25.4 Å². The number of nitrogens with one attached hydrogen (secondary N) is 1.